The molecule has 0 heterocycles. The van der Waals surface area contributed by atoms with E-state index in [9.17, 15) is 0 Å². The number of fused-ring (bicyclic) bond motifs is 2. The second-order valence-corrected chi connectivity index (χ2v) is 5.23. The zero-order chi connectivity index (χ0) is 14.3. The second-order valence-electron chi connectivity index (χ2n) is 5.23. The smallest absolute Gasteiger partial charge is 0.0139 e. The van der Waals surface area contributed by atoms with E-state index in [1.165, 1.54) is 32.7 Å². The molecule has 0 aliphatic heterocycles. The maximum absolute atomic E-state index is 3.91. The highest BCUT2D eigenvalue weighted by Gasteiger charge is 2.10. The molecule has 20 heavy (non-hydrogen) atoms. The van der Waals surface area contributed by atoms with Gasteiger partial charge >= 0.3 is 0 Å². The summed E-state index contributed by atoms with van der Waals surface area (Å²) in [5, 5.41) is 5.28. The average Bonchev–Trinajstić information content (AvgIpc) is 2.51. The Hall–Kier alpha value is -2.34. The molecular formula is C20H18. The number of aryl methyl sites for hydroxylation is 2. The van der Waals surface area contributed by atoms with E-state index in [4.69, 9.17) is 0 Å². The summed E-state index contributed by atoms with van der Waals surface area (Å²) in [5.74, 6) is 0. The van der Waals surface area contributed by atoms with Gasteiger partial charge in [0.25, 0.3) is 0 Å². The van der Waals surface area contributed by atoms with Gasteiger partial charge in [-0.3, -0.25) is 0 Å². The number of benzene rings is 3. The van der Waals surface area contributed by atoms with Crippen LogP contribution >= 0.6 is 0 Å². The van der Waals surface area contributed by atoms with Gasteiger partial charge in [0.1, 0.15) is 0 Å². The SMILES string of the molecule is C=Cc1cc2c(C)c3ccccc3c(C)c2cc1C=C. The lowest BCUT2D eigenvalue weighted by atomic mass is 9.90. The Balaban J connectivity index is 2.59. The molecule has 0 aliphatic carbocycles. The molecule has 0 aliphatic rings. The van der Waals surface area contributed by atoms with E-state index < -0.39 is 0 Å². The van der Waals surface area contributed by atoms with Crippen LogP contribution in [0, 0.1) is 13.8 Å². The molecule has 0 radical (unpaired) electrons. The van der Waals surface area contributed by atoms with Crippen molar-refractivity contribution in [2.75, 3.05) is 0 Å². The van der Waals surface area contributed by atoms with Crippen LogP contribution < -0.4 is 0 Å². The van der Waals surface area contributed by atoms with Gasteiger partial charge in [-0.05, 0) is 69.8 Å². The van der Waals surface area contributed by atoms with Crippen molar-refractivity contribution in [3.05, 3.63) is 71.8 Å². The highest BCUT2D eigenvalue weighted by molar-refractivity contribution is 6.06. The Kier molecular flexibility index (Phi) is 2.94. The summed E-state index contributed by atoms with van der Waals surface area (Å²) in [6.07, 6.45) is 3.81. The predicted molar refractivity (Wildman–Crippen MR) is 91.1 cm³/mol. The predicted octanol–water partition coefficient (Wildman–Crippen LogP) is 5.90. The van der Waals surface area contributed by atoms with Gasteiger partial charge in [-0.1, -0.05) is 49.6 Å². The van der Waals surface area contributed by atoms with Gasteiger partial charge < -0.3 is 0 Å². The molecule has 0 spiro atoms. The van der Waals surface area contributed by atoms with Crippen molar-refractivity contribution in [2.24, 2.45) is 0 Å². The summed E-state index contributed by atoms with van der Waals surface area (Å²) in [5.41, 5.74) is 4.95. The van der Waals surface area contributed by atoms with Gasteiger partial charge in [0.2, 0.25) is 0 Å². The number of rotatable bonds is 2. The van der Waals surface area contributed by atoms with Crippen molar-refractivity contribution in [1.82, 2.24) is 0 Å². The van der Waals surface area contributed by atoms with Crippen molar-refractivity contribution >= 4 is 33.7 Å². The molecule has 0 N–H and O–H groups in total. The fourth-order valence-corrected chi connectivity index (χ4v) is 3.03. The van der Waals surface area contributed by atoms with Gasteiger partial charge in [0.05, 0.1) is 0 Å². The first-order valence-electron chi connectivity index (χ1n) is 6.88. The third-order valence-corrected chi connectivity index (χ3v) is 4.21. The number of hydrogen-bond donors (Lipinski definition) is 0. The fourth-order valence-electron chi connectivity index (χ4n) is 3.03. The van der Waals surface area contributed by atoms with Crippen molar-refractivity contribution < 1.29 is 0 Å². The van der Waals surface area contributed by atoms with E-state index in [1.807, 2.05) is 12.2 Å². The quantitative estimate of drug-likeness (QED) is 0.502. The molecule has 0 fully saturated rings. The molecule has 3 aromatic rings. The molecule has 0 heteroatoms. The third kappa shape index (κ3) is 1.69. The van der Waals surface area contributed by atoms with E-state index in [-0.39, 0.29) is 0 Å². The van der Waals surface area contributed by atoms with Crippen LogP contribution in [0.5, 0.6) is 0 Å². The number of hydrogen-bond acceptors (Lipinski definition) is 0. The largest absolute Gasteiger partial charge is 0.0984 e. The molecule has 3 aromatic carbocycles. The van der Waals surface area contributed by atoms with E-state index >= 15 is 0 Å². The third-order valence-electron chi connectivity index (χ3n) is 4.21. The monoisotopic (exact) mass is 258 g/mol. The van der Waals surface area contributed by atoms with Crippen molar-refractivity contribution in [1.29, 1.82) is 0 Å². The molecular weight excluding hydrogens is 240 g/mol. The van der Waals surface area contributed by atoms with Crippen LogP contribution in [0.2, 0.25) is 0 Å². The van der Waals surface area contributed by atoms with Crippen LogP contribution in [0.3, 0.4) is 0 Å². The first kappa shape index (κ1) is 12.7. The first-order valence-corrected chi connectivity index (χ1v) is 6.88. The minimum absolute atomic E-state index is 1.14. The minimum atomic E-state index is 1.14. The Labute approximate surface area is 120 Å². The van der Waals surface area contributed by atoms with Crippen molar-refractivity contribution in [3.63, 3.8) is 0 Å². The topological polar surface area (TPSA) is 0 Å². The Morgan fingerprint density at radius 3 is 1.45 bits per heavy atom. The Morgan fingerprint density at radius 2 is 1.10 bits per heavy atom. The maximum atomic E-state index is 3.91. The van der Waals surface area contributed by atoms with Crippen LogP contribution in [0.1, 0.15) is 22.3 Å². The first-order chi connectivity index (χ1) is 9.67. The molecule has 0 saturated heterocycles. The van der Waals surface area contributed by atoms with Gasteiger partial charge in [-0.25, -0.2) is 0 Å². The van der Waals surface area contributed by atoms with Crippen LogP contribution in [0.4, 0.5) is 0 Å². The Morgan fingerprint density at radius 1 is 0.700 bits per heavy atom. The van der Waals surface area contributed by atoms with Crippen molar-refractivity contribution in [3.8, 4) is 0 Å². The summed E-state index contributed by atoms with van der Waals surface area (Å²) in [4.78, 5) is 0. The maximum Gasteiger partial charge on any atom is -0.0139 e. The molecule has 0 amide bonds. The lowest BCUT2D eigenvalue weighted by Gasteiger charge is -2.14. The van der Waals surface area contributed by atoms with E-state index in [0.29, 0.717) is 0 Å². The Bertz CT molecular complexity index is 779. The van der Waals surface area contributed by atoms with Gasteiger partial charge in [-0.2, -0.15) is 0 Å². The molecule has 98 valence electrons. The lowest BCUT2D eigenvalue weighted by Crippen LogP contribution is -1.91. The fraction of sp³-hybridized carbons (Fsp3) is 0.100. The highest BCUT2D eigenvalue weighted by Crippen LogP contribution is 2.34. The lowest BCUT2D eigenvalue weighted by molar-refractivity contribution is 1.51. The van der Waals surface area contributed by atoms with E-state index in [0.717, 1.165) is 11.1 Å². The van der Waals surface area contributed by atoms with E-state index in [2.05, 4.69) is 63.4 Å². The molecule has 0 unspecified atom stereocenters. The second kappa shape index (κ2) is 4.64. The summed E-state index contributed by atoms with van der Waals surface area (Å²) < 4.78 is 0. The summed E-state index contributed by atoms with van der Waals surface area (Å²) in [6, 6.07) is 13.1. The zero-order valence-corrected chi connectivity index (χ0v) is 12.0. The molecule has 0 atom stereocenters. The summed E-state index contributed by atoms with van der Waals surface area (Å²) in [7, 11) is 0. The zero-order valence-electron chi connectivity index (χ0n) is 12.0. The van der Waals surface area contributed by atoms with Crippen molar-refractivity contribution in [2.45, 2.75) is 13.8 Å². The molecule has 3 rings (SSSR count). The highest BCUT2D eigenvalue weighted by atomic mass is 14.1. The standard InChI is InChI=1S/C20H18/c1-5-15-11-19-13(3)17-9-7-8-10-18(17)14(4)20(19)12-16(15)6-2/h5-12H,1-2H2,3-4H3. The van der Waals surface area contributed by atoms with Crippen LogP contribution in [0.15, 0.2) is 49.6 Å². The minimum Gasteiger partial charge on any atom is -0.0984 e. The molecule has 0 bridgehead atoms. The molecule has 0 aromatic heterocycles. The van der Waals surface area contributed by atoms with Crippen LogP contribution in [-0.2, 0) is 0 Å². The van der Waals surface area contributed by atoms with Crippen LogP contribution in [0.25, 0.3) is 33.7 Å². The van der Waals surface area contributed by atoms with Crippen LogP contribution in [-0.4, -0.2) is 0 Å². The summed E-state index contributed by atoms with van der Waals surface area (Å²) >= 11 is 0. The van der Waals surface area contributed by atoms with Gasteiger partial charge in [-0.15, -0.1) is 0 Å². The normalized spacial score (nSPS) is 10.9. The van der Waals surface area contributed by atoms with E-state index in [1.54, 1.807) is 0 Å². The van der Waals surface area contributed by atoms with Gasteiger partial charge in [0, 0.05) is 0 Å². The summed E-state index contributed by atoms with van der Waals surface area (Å²) in [6.45, 7) is 12.2. The average molecular weight is 258 g/mol. The van der Waals surface area contributed by atoms with Gasteiger partial charge in [0.15, 0.2) is 0 Å². The molecule has 0 saturated carbocycles. The molecule has 0 nitrogen and oxygen atoms in total.